The Kier molecular flexibility index (Phi) is 6.96. The molecule has 0 aliphatic heterocycles. The van der Waals surface area contributed by atoms with Crippen LogP contribution in [0.5, 0.6) is 0 Å². The maximum absolute atomic E-state index is 2.42. The maximum Gasteiger partial charge on any atom is -0.0248 e. The van der Waals surface area contributed by atoms with Crippen molar-refractivity contribution in [3.05, 3.63) is 42.3 Å². The molecular weight excluding hydrogens is 192 g/mol. The SMILES string of the molecule is CC(C)CCCCC[CH]Cc1ccccc1. The van der Waals surface area contributed by atoms with Gasteiger partial charge < -0.3 is 0 Å². The monoisotopic (exact) mass is 217 g/mol. The van der Waals surface area contributed by atoms with Crippen molar-refractivity contribution in [3.8, 4) is 0 Å². The van der Waals surface area contributed by atoms with E-state index in [4.69, 9.17) is 0 Å². The van der Waals surface area contributed by atoms with Gasteiger partial charge in [-0.25, -0.2) is 0 Å². The van der Waals surface area contributed by atoms with E-state index in [0.29, 0.717) is 0 Å². The molecule has 0 nitrogen and oxygen atoms in total. The van der Waals surface area contributed by atoms with Crippen molar-refractivity contribution >= 4 is 0 Å². The number of rotatable bonds is 8. The average Bonchev–Trinajstić information content (AvgIpc) is 2.29. The zero-order chi connectivity index (χ0) is 11.6. The number of hydrogen-bond acceptors (Lipinski definition) is 0. The second-order valence-corrected chi connectivity index (χ2v) is 5.01. The molecule has 0 aliphatic rings. The zero-order valence-corrected chi connectivity index (χ0v) is 10.8. The molecule has 0 fully saturated rings. The lowest BCUT2D eigenvalue weighted by Crippen LogP contribution is -1.89. The lowest BCUT2D eigenvalue weighted by molar-refractivity contribution is 0.525. The summed E-state index contributed by atoms with van der Waals surface area (Å²) in [6, 6.07) is 10.7. The van der Waals surface area contributed by atoms with E-state index in [2.05, 4.69) is 50.6 Å². The van der Waals surface area contributed by atoms with Gasteiger partial charge in [0.25, 0.3) is 0 Å². The summed E-state index contributed by atoms with van der Waals surface area (Å²) in [4.78, 5) is 0. The Morgan fingerprint density at radius 2 is 1.75 bits per heavy atom. The molecule has 89 valence electrons. The summed E-state index contributed by atoms with van der Waals surface area (Å²) >= 11 is 0. The Morgan fingerprint density at radius 1 is 1.00 bits per heavy atom. The molecule has 0 aromatic heterocycles. The van der Waals surface area contributed by atoms with Gasteiger partial charge in [-0.2, -0.15) is 0 Å². The first-order valence-corrected chi connectivity index (χ1v) is 6.64. The first kappa shape index (κ1) is 13.3. The summed E-state index contributed by atoms with van der Waals surface area (Å²) in [5.74, 6) is 0.869. The second-order valence-electron chi connectivity index (χ2n) is 5.01. The van der Waals surface area contributed by atoms with Crippen LogP contribution in [0.1, 0.15) is 51.5 Å². The molecule has 1 aromatic carbocycles. The standard InChI is InChI=1S/C16H25/c1-15(2)11-7-4-3-5-8-12-16-13-9-6-10-14-16/h6,8-10,13-15H,3-5,7,11-12H2,1-2H3. The number of hydrogen-bond donors (Lipinski definition) is 0. The van der Waals surface area contributed by atoms with Crippen LogP contribution in [0.15, 0.2) is 30.3 Å². The minimum absolute atomic E-state index is 0.869. The maximum atomic E-state index is 2.42. The Morgan fingerprint density at radius 3 is 2.44 bits per heavy atom. The van der Waals surface area contributed by atoms with Crippen LogP contribution < -0.4 is 0 Å². The molecule has 0 saturated heterocycles. The molecule has 0 bridgehead atoms. The molecule has 0 unspecified atom stereocenters. The molecule has 0 heteroatoms. The van der Waals surface area contributed by atoms with E-state index in [0.717, 1.165) is 12.3 Å². The van der Waals surface area contributed by atoms with E-state index in [9.17, 15) is 0 Å². The molecule has 1 rings (SSSR count). The van der Waals surface area contributed by atoms with E-state index in [-0.39, 0.29) is 0 Å². The molecule has 0 aliphatic carbocycles. The van der Waals surface area contributed by atoms with Crippen LogP contribution in [0.25, 0.3) is 0 Å². The van der Waals surface area contributed by atoms with Crippen molar-refractivity contribution in [1.29, 1.82) is 0 Å². The minimum atomic E-state index is 0.869. The molecule has 0 atom stereocenters. The molecular formula is C16H25. The van der Waals surface area contributed by atoms with Gasteiger partial charge in [-0.05, 0) is 30.7 Å². The first-order chi connectivity index (χ1) is 7.79. The van der Waals surface area contributed by atoms with E-state index in [1.807, 2.05) is 0 Å². The predicted molar refractivity (Wildman–Crippen MR) is 72.4 cm³/mol. The van der Waals surface area contributed by atoms with Crippen LogP contribution >= 0.6 is 0 Å². The van der Waals surface area contributed by atoms with Gasteiger partial charge in [0.15, 0.2) is 0 Å². The van der Waals surface area contributed by atoms with Crippen molar-refractivity contribution < 1.29 is 0 Å². The van der Waals surface area contributed by atoms with Gasteiger partial charge in [0.05, 0.1) is 0 Å². The molecule has 0 heterocycles. The lowest BCUT2D eigenvalue weighted by atomic mass is 10.0. The molecule has 0 saturated carbocycles. The molecule has 1 radical (unpaired) electrons. The first-order valence-electron chi connectivity index (χ1n) is 6.64. The number of unbranched alkanes of at least 4 members (excludes halogenated alkanes) is 4. The second kappa shape index (κ2) is 8.38. The highest BCUT2D eigenvalue weighted by Crippen LogP contribution is 2.11. The smallest absolute Gasteiger partial charge is 0.0248 e. The Balaban J connectivity index is 1.93. The average molecular weight is 217 g/mol. The minimum Gasteiger partial charge on any atom is -0.0628 e. The molecule has 0 N–H and O–H groups in total. The van der Waals surface area contributed by atoms with Crippen molar-refractivity contribution in [2.75, 3.05) is 0 Å². The fourth-order valence-corrected chi connectivity index (χ4v) is 1.90. The normalized spacial score (nSPS) is 10.9. The van der Waals surface area contributed by atoms with Gasteiger partial charge in [-0.15, -0.1) is 0 Å². The summed E-state index contributed by atoms with van der Waals surface area (Å²) < 4.78 is 0. The van der Waals surface area contributed by atoms with Crippen LogP contribution in [0.4, 0.5) is 0 Å². The fourth-order valence-electron chi connectivity index (χ4n) is 1.90. The highest BCUT2D eigenvalue weighted by Gasteiger charge is 1.95. The highest BCUT2D eigenvalue weighted by molar-refractivity contribution is 5.16. The molecule has 0 spiro atoms. The van der Waals surface area contributed by atoms with Gasteiger partial charge in [0, 0.05) is 0 Å². The van der Waals surface area contributed by atoms with Gasteiger partial charge in [0.1, 0.15) is 0 Å². The van der Waals surface area contributed by atoms with Gasteiger partial charge in [-0.1, -0.05) is 69.9 Å². The van der Waals surface area contributed by atoms with Gasteiger partial charge >= 0.3 is 0 Å². The van der Waals surface area contributed by atoms with Gasteiger partial charge in [0.2, 0.25) is 0 Å². The van der Waals surface area contributed by atoms with E-state index in [1.54, 1.807) is 0 Å². The third-order valence-corrected chi connectivity index (χ3v) is 2.91. The Bertz CT molecular complexity index is 248. The molecule has 16 heavy (non-hydrogen) atoms. The van der Waals surface area contributed by atoms with E-state index >= 15 is 0 Å². The van der Waals surface area contributed by atoms with Crippen LogP contribution in [-0.2, 0) is 6.42 Å². The largest absolute Gasteiger partial charge is 0.0628 e. The molecule has 0 amide bonds. The van der Waals surface area contributed by atoms with E-state index in [1.165, 1.54) is 37.7 Å². The summed E-state index contributed by atoms with van der Waals surface area (Å²) in [5.41, 5.74) is 1.43. The summed E-state index contributed by atoms with van der Waals surface area (Å²) in [7, 11) is 0. The Labute approximate surface area is 101 Å². The van der Waals surface area contributed by atoms with Crippen molar-refractivity contribution in [2.24, 2.45) is 5.92 Å². The highest BCUT2D eigenvalue weighted by atomic mass is 14.0. The third kappa shape index (κ3) is 6.66. The summed E-state index contributed by atoms with van der Waals surface area (Å²) in [6.07, 6.45) is 10.4. The fraction of sp³-hybridized carbons (Fsp3) is 0.562. The van der Waals surface area contributed by atoms with Gasteiger partial charge in [-0.3, -0.25) is 0 Å². The van der Waals surface area contributed by atoms with Crippen LogP contribution in [0, 0.1) is 12.3 Å². The van der Waals surface area contributed by atoms with Crippen LogP contribution in [0.2, 0.25) is 0 Å². The number of benzene rings is 1. The van der Waals surface area contributed by atoms with Crippen LogP contribution in [0.3, 0.4) is 0 Å². The molecule has 1 aromatic rings. The van der Waals surface area contributed by atoms with Crippen molar-refractivity contribution in [2.45, 2.75) is 52.4 Å². The lowest BCUT2D eigenvalue weighted by Gasteiger charge is -2.04. The Hall–Kier alpha value is -0.780. The third-order valence-electron chi connectivity index (χ3n) is 2.91. The zero-order valence-electron chi connectivity index (χ0n) is 10.8. The van der Waals surface area contributed by atoms with Crippen LogP contribution in [-0.4, -0.2) is 0 Å². The summed E-state index contributed by atoms with van der Waals surface area (Å²) in [5, 5.41) is 0. The van der Waals surface area contributed by atoms with Crippen molar-refractivity contribution in [3.63, 3.8) is 0 Å². The van der Waals surface area contributed by atoms with Crippen molar-refractivity contribution in [1.82, 2.24) is 0 Å². The summed E-state index contributed by atoms with van der Waals surface area (Å²) in [6.45, 7) is 4.61. The van der Waals surface area contributed by atoms with E-state index < -0.39 is 0 Å². The topological polar surface area (TPSA) is 0 Å². The predicted octanol–water partition coefficient (Wildman–Crippen LogP) is 5.04. The quantitative estimate of drug-likeness (QED) is 0.535.